The average molecular weight is 765 g/mol. The Labute approximate surface area is 337 Å². The number of allylic oxidation sites excluding steroid dienone is 14. The number of esters is 3. The van der Waals surface area contributed by atoms with E-state index < -0.39 is 6.10 Å². The van der Waals surface area contributed by atoms with Gasteiger partial charge in [0, 0.05) is 19.3 Å². The third kappa shape index (κ3) is 41.6. The molecule has 55 heavy (non-hydrogen) atoms. The van der Waals surface area contributed by atoms with Gasteiger partial charge < -0.3 is 14.2 Å². The van der Waals surface area contributed by atoms with Crippen molar-refractivity contribution in [2.45, 2.75) is 194 Å². The molecule has 0 aromatic heterocycles. The van der Waals surface area contributed by atoms with Crippen molar-refractivity contribution in [3.63, 3.8) is 0 Å². The lowest BCUT2D eigenvalue weighted by atomic mass is 10.1. The van der Waals surface area contributed by atoms with Gasteiger partial charge in [0.05, 0.1) is 0 Å². The van der Waals surface area contributed by atoms with E-state index in [4.69, 9.17) is 14.2 Å². The van der Waals surface area contributed by atoms with Gasteiger partial charge in [0.2, 0.25) is 0 Å². The van der Waals surface area contributed by atoms with Crippen LogP contribution < -0.4 is 0 Å². The van der Waals surface area contributed by atoms with Crippen LogP contribution in [-0.2, 0) is 28.6 Å². The summed E-state index contributed by atoms with van der Waals surface area (Å²) >= 11 is 0. The van der Waals surface area contributed by atoms with Gasteiger partial charge in [-0.05, 0) is 89.9 Å². The number of ether oxygens (including phenoxy) is 3. The van der Waals surface area contributed by atoms with Crippen molar-refractivity contribution in [3.8, 4) is 0 Å². The van der Waals surface area contributed by atoms with Crippen molar-refractivity contribution in [1.29, 1.82) is 0 Å². The average Bonchev–Trinajstić information content (AvgIpc) is 3.18. The zero-order valence-electron chi connectivity index (χ0n) is 35.4. The third-order valence-electron chi connectivity index (χ3n) is 8.91. The second kappa shape index (κ2) is 43.3. The van der Waals surface area contributed by atoms with Gasteiger partial charge in [-0.15, -0.1) is 0 Å². The summed E-state index contributed by atoms with van der Waals surface area (Å²) in [6.45, 7) is 6.32. The molecule has 1 atom stereocenters. The van der Waals surface area contributed by atoms with Crippen molar-refractivity contribution >= 4 is 17.9 Å². The molecule has 0 radical (unpaired) electrons. The number of hydrogen-bond acceptors (Lipinski definition) is 6. The predicted molar refractivity (Wildman–Crippen MR) is 233 cm³/mol. The third-order valence-corrected chi connectivity index (χ3v) is 8.91. The molecule has 0 bridgehead atoms. The van der Waals surface area contributed by atoms with Crippen molar-refractivity contribution < 1.29 is 28.6 Å². The molecule has 0 aliphatic heterocycles. The summed E-state index contributed by atoms with van der Waals surface area (Å²) < 4.78 is 16.6. The Morgan fingerprint density at radius 2 is 0.800 bits per heavy atom. The molecule has 0 aromatic rings. The van der Waals surface area contributed by atoms with Gasteiger partial charge in [-0.25, -0.2) is 0 Å². The Hall–Kier alpha value is -3.41. The summed E-state index contributed by atoms with van der Waals surface area (Å²) in [4.78, 5) is 37.6. The molecule has 0 aliphatic carbocycles. The second-order valence-electron chi connectivity index (χ2n) is 14.3. The molecule has 0 rings (SSSR count). The molecule has 6 heteroatoms. The first-order valence-electron chi connectivity index (χ1n) is 22.1. The van der Waals surface area contributed by atoms with Gasteiger partial charge in [-0.3, -0.25) is 14.4 Å². The van der Waals surface area contributed by atoms with Gasteiger partial charge in [0.25, 0.3) is 0 Å². The Morgan fingerprint density at radius 1 is 0.400 bits per heavy atom. The van der Waals surface area contributed by atoms with Gasteiger partial charge in [0.1, 0.15) is 13.2 Å². The Bertz CT molecular complexity index is 1110. The van der Waals surface area contributed by atoms with Crippen LogP contribution in [-0.4, -0.2) is 37.2 Å². The molecular formula is C49H80O6. The second-order valence-corrected chi connectivity index (χ2v) is 14.3. The van der Waals surface area contributed by atoms with Crippen molar-refractivity contribution in [3.05, 3.63) is 85.1 Å². The minimum absolute atomic E-state index is 0.113. The van der Waals surface area contributed by atoms with Crippen molar-refractivity contribution in [2.75, 3.05) is 13.2 Å². The maximum Gasteiger partial charge on any atom is 0.306 e. The Kier molecular flexibility index (Phi) is 40.6. The van der Waals surface area contributed by atoms with Crippen LogP contribution >= 0.6 is 0 Å². The predicted octanol–water partition coefficient (Wildman–Crippen LogP) is 14.1. The molecule has 312 valence electrons. The Balaban J connectivity index is 4.50. The minimum Gasteiger partial charge on any atom is -0.462 e. The molecule has 6 nitrogen and oxygen atoms in total. The number of carbonyl (C=O) groups excluding carboxylic acids is 3. The molecule has 0 fully saturated rings. The molecule has 0 saturated heterocycles. The molecule has 0 saturated carbocycles. The van der Waals surface area contributed by atoms with Crippen LogP contribution in [0, 0.1) is 0 Å². The fourth-order valence-electron chi connectivity index (χ4n) is 5.55. The number of unbranched alkanes of at least 4 members (excludes halogenated alkanes) is 15. The van der Waals surface area contributed by atoms with Crippen molar-refractivity contribution in [1.82, 2.24) is 0 Å². The molecular weight excluding hydrogens is 685 g/mol. The minimum atomic E-state index is -0.816. The smallest absolute Gasteiger partial charge is 0.306 e. The van der Waals surface area contributed by atoms with Crippen LogP contribution in [0.1, 0.15) is 188 Å². The standard InChI is InChI=1S/C49H80O6/c1-4-7-10-13-16-19-22-23-24-25-28-30-33-36-39-42-48(51)54-45-46(55-49(52)43-40-37-34-31-27-21-18-15-12-9-6-3)44-53-47(50)41-38-35-32-29-26-20-17-14-11-8-5-2/h9,12,14,16-23,26,31,34,46H,4-8,10-11,13,15,24-25,27-30,32-33,35-45H2,1-3H3/b12-9-,17-14-,19-16-,21-18-,23-22-,26-20-,34-31-. The van der Waals surface area contributed by atoms with Gasteiger partial charge >= 0.3 is 17.9 Å². The van der Waals surface area contributed by atoms with E-state index in [0.717, 1.165) is 89.9 Å². The Morgan fingerprint density at radius 3 is 1.33 bits per heavy atom. The molecule has 0 N–H and O–H groups in total. The first-order valence-corrected chi connectivity index (χ1v) is 22.1. The molecule has 0 amide bonds. The first-order chi connectivity index (χ1) is 27.0. The van der Waals surface area contributed by atoms with Gasteiger partial charge in [-0.2, -0.15) is 0 Å². The maximum absolute atomic E-state index is 12.7. The van der Waals surface area contributed by atoms with Gasteiger partial charge in [-0.1, -0.05) is 164 Å². The fraction of sp³-hybridized carbons (Fsp3) is 0.653. The van der Waals surface area contributed by atoms with Crippen LogP contribution in [0.5, 0.6) is 0 Å². The normalized spacial score (nSPS) is 12.9. The highest BCUT2D eigenvalue weighted by Gasteiger charge is 2.19. The van der Waals surface area contributed by atoms with E-state index in [2.05, 4.69) is 106 Å². The summed E-state index contributed by atoms with van der Waals surface area (Å²) in [7, 11) is 0. The zero-order chi connectivity index (χ0) is 40.1. The number of carbonyl (C=O) groups is 3. The van der Waals surface area contributed by atoms with Crippen LogP contribution in [0.2, 0.25) is 0 Å². The highest BCUT2D eigenvalue weighted by atomic mass is 16.6. The number of rotatable bonds is 38. The van der Waals surface area contributed by atoms with E-state index in [1.807, 2.05) is 0 Å². The van der Waals surface area contributed by atoms with E-state index >= 15 is 0 Å². The van der Waals surface area contributed by atoms with Crippen LogP contribution in [0.25, 0.3) is 0 Å². The lowest BCUT2D eigenvalue weighted by molar-refractivity contribution is -0.167. The quantitative estimate of drug-likeness (QED) is 0.0205. The number of hydrogen-bond donors (Lipinski definition) is 0. The zero-order valence-corrected chi connectivity index (χ0v) is 35.4. The largest absolute Gasteiger partial charge is 0.462 e. The van der Waals surface area contributed by atoms with Crippen LogP contribution in [0.4, 0.5) is 0 Å². The fourth-order valence-corrected chi connectivity index (χ4v) is 5.55. The molecule has 0 aromatic carbocycles. The van der Waals surface area contributed by atoms with E-state index in [0.29, 0.717) is 19.3 Å². The highest BCUT2D eigenvalue weighted by molar-refractivity contribution is 5.71. The molecule has 0 spiro atoms. The van der Waals surface area contributed by atoms with E-state index in [1.54, 1.807) is 0 Å². The van der Waals surface area contributed by atoms with E-state index in [-0.39, 0.29) is 37.5 Å². The molecule has 0 aliphatic rings. The maximum atomic E-state index is 12.7. The van der Waals surface area contributed by atoms with Gasteiger partial charge in [0.15, 0.2) is 6.10 Å². The monoisotopic (exact) mass is 765 g/mol. The first kappa shape index (κ1) is 51.6. The van der Waals surface area contributed by atoms with Crippen LogP contribution in [0.15, 0.2) is 85.1 Å². The van der Waals surface area contributed by atoms with E-state index in [1.165, 1.54) is 51.4 Å². The molecule has 0 heterocycles. The summed E-state index contributed by atoms with van der Waals surface area (Å²) in [5.74, 6) is -1.02. The molecule has 1 unspecified atom stereocenters. The van der Waals surface area contributed by atoms with Crippen LogP contribution in [0.3, 0.4) is 0 Å². The lowest BCUT2D eigenvalue weighted by Crippen LogP contribution is -2.30. The topological polar surface area (TPSA) is 78.9 Å². The van der Waals surface area contributed by atoms with E-state index in [9.17, 15) is 14.4 Å². The summed E-state index contributed by atoms with van der Waals surface area (Å²) in [6.07, 6.45) is 54.3. The summed E-state index contributed by atoms with van der Waals surface area (Å²) in [6, 6.07) is 0. The summed E-state index contributed by atoms with van der Waals surface area (Å²) in [5, 5.41) is 0. The SMILES string of the molecule is CC/C=C\C/C=C\C/C=C\CCCC(=O)OC(COC(=O)CCCCC/C=C\C=C/CCCC)COC(=O)CCCCCCCC/C=C\C=C/CCCCC. The lowest BCUT2D eigenvalue weighted by Gasteiger charge is -2.18. The highest BCUT2D eigenvalue weighted by Crippen LogP contribution is 2.11. The summed E-state index contributed by atoms with van der Waals surface area (Å²) in [5.41, 5.74) is 0. The van der Waals surface area contributed by atoms with Crippen molar-refractivity contribution in [2.24, 2.45) is 0 Å².